The highest BCUT2D eigenvalue weighted by molar-refractivity contribution is 5.87. The lowest BCUT2D eigenvalue weighted by Crippen LogP contribution is -2.39. The van der Waals surface area contributed by atoms with E-state index in [9.17, 15) is 4.79 Å². The molecule has 1 aromatic carbocycles. The summed E-state index contributed by atoms with van der Waals surface area (Å²) >= 11 is 0. The Morgan fingerprint density at radius 2 is 2.05 bits per heavy atom. The van der Waals surface area contributed by atoms with Crippen LogP contribution in [0.15, 0.2) is 24.3 Å². The minimum Gasteiger partial charge on any atom is -0.494 e. The number of likely N-dealkylation sites (tertiary alicyclic amines) is 1. The van der Waals surface area contributed by atoms with E-state index in [0.717, 1.165) is 24.8 Å². The first kappa shape index (κ1) is 15.8. The molecule has 0 spiro atoms. The SMILES string of the molecule is C[C@@H]1C[C@@H](C)CN(CCCOc2cccc(C(=O)O)c2)C1. The molecule has 2 rings (SSSR count). The number of hydrogen-bond acceptors (Lipinski definition) is 3. The topological polar surface area (TPSA) is 49.8 Å². The summed E-state index contributed by atoms with van der Waals surface area (Å²) in [6.45, 7) is 8.67. The van der Waals surface area contributed by atoms with Crippen molar-refractivity contribution in [3.05, 3.63) is 29.8 Å². The summed E-state index contributed by atoms with van der Waals surface area (Å²) in [7, 11) is 0. The summed E-state index contributed by atoms with van der Waals surface area (Å²) in [6.07, 6.45) is 2.30. The van der Waals surface area contributed by atoms with Gasteiger partial charge in [0.05, 0.1) is 12.2 Å². The molecule has 21 heavy (non-hydrogen) atoms. The molecule has 1 aliphatic heterocycles. The molecule has 0 bridgehead atoms. The lowest BCUT2D eigenvalue weighted by molar-refractivity contribution is 0.0696. The molecule has 4 nitrogen and oxygen atoms in total. The second-order valence-corrected chi connectivity index (χ2v) is 6.24. The first-order valence-corrected chi connectivity index (χ1v) is 7.73. The van der Waals surface area contributed by atoms with Crippen molar-refractivity contribution >= 4 is 5.97 Å². The average Bonchev–Trinajstić information content (AvgIpc) is 2.43. The van der Waals surface area contributed by atoms with Crippen LogP contribution in [-0.4, -0.2) is 42.2 Å². The van der Waals surface area contributed by atoms with Crippen LogP contribution in [0.4, 0.5) is 0 Å². The molecule has 0 aliphatic carbocycles. The molecule has 0 unspecified atom stereocenters. The van der Waals surface area contributed by atoms with Crippen LogP contribution in [0.5, 0.6) is 5.75 Å². The highest BCUT2D eigenvalue weighted by Crippen LogP contribution is 2.21. The van der Waals surface area contributed by atoms with Gasteiger partial charge in [0, 0.05) is 19.6 Å². The molecule has 1 aliphatic rings. The number of carbonyl (C=O) groups is 1. The van der Waals surface area contributed by atoms with E-state index in [2.05, 4.69) is 18.7 Å². The fourth-order valence-corrected chi connectivity index (χ4v) is 3.17. The van der Waals surface area contributed by atoms with E-state index in [1.54, 1.807) is 24.3 Å². The van der Waals surface area contributed by atoms with E-state index in [1.807, 2.05) is 0 Å². The van der Waals surface area contributed by atoms with Crippen molar-refractivity contribution in [3.63, 3.8) is 0 Å². The Labute approximate surface area is 126 Å². The first-order valence-electron chi connectivity index (χ1n) is 7.73. The standard InChI is InChI=1S/C17H25NO3/c1-13-9-14(2)12-18(11-13)7-4-8-21-16-6-3-5-15(10-16)17(19)20/h3,5-6,10,13-14H,4,7-9,11-12H2,1-2H3,(H,19,20)/t13-,14-/m1/s1. The van der Waals surface area contributed by atoms with Gasteiger partial charge < -0.3 is 14.7 Å². The van der Waals surface area contributed by atoms with Gasteiger partial charge in [-0.05, 0) is 42.9 Å². The van der Waals surface area contributed by atoms with Gasteiger partial charge in [0.1, 0.15) is 5.75 Å². The number of piperidine rings is 1. The normalized spacial score (nSPS) is 23.0. The van der Waals surface area contributed by atoms with Crippen molar-refractivity contribution in [2.45, 2.75) is 26.7 Å². The second kappa shape index (κ2) is 7.46. The van der Waals surface area contributed by atoms with Crippen molar-refractivity contribution in [1.29, 1.82) is 0 Å². The first-order chi connectivity index (χ1) is 10.0. The Kier molecular flexibility index (Phi) is 5.62. The van der Waals surface area contributed by atoms with Gasteiger partial charge in [0.2, 0.25) is 0 Å². The molecule has 1 saturated heterocycles. The third kappa shape index (κ3) is 5.05. The molecule has 1 aromatic rings. The van der Waals surface area contributed by atoms with Gasteiger partial charge in [-0.25, -0.2) is 4.79 Å². The Balaban J connectivity index is 1.72. The van der Waals surface area contributed by atoms with Crippen LogP contribution in [0, 0.1) is 11.8 Å². The van der Waals surface area contributed by atoms with Gasteiger partial charge in [0.25, 0.3) is 0 Å². The monoisotopic (exact) mass is 291 g/mol. The van der Waals surface area contributed by atoms with Crippen LogP contribution in [0.3, 0.4) is 0 Å². The van der Waals surface area contributed by atoms with Crippen LogP contribution < -0.4 is 4.74 Å². The van der Waals surface area contributed by atoms with Crippen LogP contribution >= 0.6 is 0 Å². The number of rotatable bonds is 6. The molecular weight excluding hydrogens is 266 g/mol. The van der Waals surface area contributed by atoms with Crippen LogP contribution in [0.2, 0.25) is 0 Å². The van der Waals surface area contributed by atoms with Crippen molar-refractivity contribution in [3.8, 4) is 5.75 Å². The fourth-order valence-electron chi connectivity index (χ4n) is 3.17. The molecule has 1 heterocycles. The summed E-state index contributed by atoms with van der Waals surface area (Å²) < 4.78 is 5.65. The number of ether oxygens (including phenoxy) is 1. The molecule has 0 aromatic heterocycles. The van der Waals surface area contributed by atoms with Gasteiger partial charge >= 0.3 is 5.97 Å². The summed E-state index contributed by atoms with van der Waals surface area (Å²) in [5.41, 5.74) is 0.270. The second-order valence-electron chi connectivity index (χ2n) is 6.24. The Morgan fingerprint density at radius 1 is 1.33 bits per heavy atom. The van der Waals surface area contributed by atoms with E-state index < -0.39 is 5.97 Å². The zero-order valence-corrected chi connectivity index (χ0v) is 12.9. The molecule has 4 heteroatoms. The quantitative estimate of drug-likeness (QED) is 0.818. The number of carboxylic acid groups (broad SMARTS) is 1. The van der Waals surface area contributed by atoms with E-state index >= 15 is 0 Å². The average molecular weight is 291 g/mol. The Hall–Kier alpha value is -1.55. The van der Waals surface area contributed by atoms with Crippen molar-refractivity contribution < 1.29 is 14.6 Å². The molecule has 2 atom stereocenters. The van der Waals surface area contributed by atoms with Gasteiger partial charge in [-0.2, -0.15) is 0 Å². The maximum absolute atomic E-state index is 10.9. The third-order valence-electron chi connectivity index (χ3n) is 3.91. The van der Waals surface area contributed by atoms with Gasteiger partial charge in [-0.3, -0.25) is 0 Å². The Morgan fingerprint density at radius 3 is 2.71 bits per heavy atom. The van der Waals surface area contributed by atoms with Gasteiger partial charge in [0.15, 0.2) is 0 Å². The van der Waals surface area contributed by atoms with E-state index in [0.29, 0.717) is 12.4 Å². The lowest BCUT2D eigenvalue weighted by Gasteiger charge is -2.34. The summed E-state index contributed by atoms with van der Waals surface area (Å²) in [4.78, 5) is 13.4. The number of aromatic carboxylic acids is 1. The zero-order valence-electron chi connectivity index (χ0n) is 12.9. The largest absolute Gasteiger partial charge is 0.494 e. The van der Waals surface area contributed by atoms with Crippen LogP contribution in [0.25, 0.3) is 0 Å². The van der Waals surface area contributed by atoms with E-state index in [-0.39, 0.29) is 5.56 Å². The number of carboxylic acids is 1. The molecule has 0 radical (unpaired) electrons. The third-order valence-corrected chi connectivity index (χ3v) is 3.91. The molecule has 1 fully saturated rings. The maximum atomic E-state index is 10.9. The number of hydrogen-bond donors (Lipinski definition) is 1. The summed E-state index contributed by atoms with van der Waals surface area (Å²) in [6, 6.07) is 6.67. The minimum absolute atomic E-state index is 0.270. The zero-order chi connectivity index (χ0) is 15.2. The predicted octanol–water partition coefficient (Wildman–Crippen LogP) is 3.13. The minimum atomic E-state index is -0.920. The molecule has 0 saturated carbocycles. The van der Waals surface area contributed by atoms with Crippen molar-refractivity contribution in [2.75, 3.05) is 26.2 Å². The lowest BCUT2D eigenvalue weighted by atomic mass is 9.92. The molecule has 0 amide bonds. The predicted molar refractivity (Wildman–Crippen MR) is 82.9 cm³/mol. The van der Waals surface area contributed by atoms with Crippen LogP contribution in [-0.2, 0) is 0 Å². The van der Waals surface area contributed by atoms with Gasteiger partial charge in [-0.1, -0.05) is 19.9 Å². The summed E-state index contributed by atoms with van der Waals surface area (Å²) in [5, 5.41) is 8.94. The van der Waals surface area contributed by atoms with Crippen molar-refractivity contribution in [1.82, 2.24) is 4.90 Å². The highest BCUT2D eigenvalue weighted by atomic mass is 16.5. The van der Waals surface area contributed by atoms with Gasteiger partial charge in [-0.15, -0.1) is 0 Å². The van der Waals surface area contributed by atoms with Crippen molar-refractivity contribution in [2.24, 2.45) is 11.8 Å². The van der Waals surface area contributed by atoms with Crippen LogP contribution in [0.1, 0.15) is 37.0 Å². The molecule has 116 valence electrons. The van der Waals surface area contributed by atoms with E-state index in [1.165, 1.54) is 19.5 Å². The maximum Gasteiger partial charge on any atom is 0.335 e. The fraction of sp³-hybridized carbons (Fsp3) is 0.588. The molecular formula is C17H25NO3. The Bertz CT molecular complexity index is 465. The summed E-state index contributed by atoms with van der Waals surface area (Å²) in [5.74, 6) is 1.27. The van der Waals surface area contributed by atoms with E-state index in [4.69, 9.17) is 9.84 Å². The highest BCUT2D eigenvalue weighted by Gasteiger charge is 2.20. The number of benzene rings is 1. The smallest absolute Gasteiger partial charge is 0.335 e. The molecule has 1 N–H and O–H groups in total. The number of nitrogens with zero attached hydrogens (tertiary/aromatic N) is 1.